The smallest absolute Gasteiger partial charge is 0.161 e. The molecule has 0 amide bonds. The average molecular weight is 362 g/mol. The molecular weight excluding hydrogens is 332 g/mol. The standard InChI is InChI=1S/C21H30O5/c1-20-9-16(24)19-13(14(20)5-6-15(20)17(25)10-22)4-3-11-7-12(23)8-18(26)21(11,19)2/h7,13-16,18-19,22,24,26H,3-6,8-10H2,1-2H3/t13-,14-,15+,16-,18-,19?,20-,21+/m0/s1. The Labute approximate surface area is 154 Å². The van der Waals surface area contributed by atoms with Gasteiger partial charge in [0.1, 0.15) is 6.61 Å². The van der Waals surface area contributed by atoms with Crippen LogP contribution in [0.1, 0.15) is 52.4 Å². The van der Waals surface area contributed by atoms with Crippen molar-refractivity contribution in [3.63, 3.8) is 0 Å². The molecule has 8 atom stereocenters. The lowest BCUT2D eigenvalue weighted by Gasteiger charge is -2.60. The molecule has 0 spiro atoms. The summed E-state index contributed by atoms with van der Waals surface area (Å²) in [6.45, 7) is 3.70. The number of rotatable bonds is 2. The van der Waals surface area contributed by atoms with Gasteiger partial charge in [0.15, 0.2) is 11.6 Å². The molecule has 3 N–H and O–H groups in total. The Hall–Kier alpha value is -1.04. The van der Waals surface area contributed by atoms with E-state index in [2.05, 4.69) is 6.92 Å². The summed E-state index contributed by atoms with van der Waals surface area (Å²) in [6.07, 6.45) is 4.38. The third-order valence-corrected chi connectivity index (χ3v) is 8.55. The lowest BCUT2D eigenvalue weighted by atomic mass is 9.45. The van der Waals surface area contributed by atoms with E-state index in [1.807, 2.05) is 6.92 Å². The Kier molecular flexibility index (Phi) is 4.22. The van der Waals surface area contributed by atoms with Crippen LogP contribution in [0.4, 0.5) is 0 Å². The normalized spacial score (nSPS) is 50.5. The molecule has 0 aromatic carbocycles. The summed E-state index contributed by atoms with van der Waals surface area (Å²) >= 11 is 0. The summed E-state index contributed by atoms with van der Waals surface area (Å²) in [5, 5.41) is 31.4. The van der Waals surface area contributed by atoms with Crippen LogP contribution in [0.2, 0.25) is 0 Å². The molecule has 3 saturated carbocycles. The topological polar surface area (TPSA) is 94.8 Å². The van der Waals surface area contributed by atoms with Gasteiger partial charge in [0.05, 0.1) is 12.2 Å². The van der Waals surface area contributed by atoms with E-state index >= 15 is 0 Å². The zero-order valence-corrected chi connectivity index (χ0v) is 15.6. The van der Waals surface area contributed by atoms with Crippen molar-refractivity contribution < 1.29 is 24.9 Å². The molecular formula is C21H30O5. The van der Waals surface area contributed by atoms with Gasteiger partial charge < -0.3 is 15.3 Å². The van der Waals surface area contributed by atoms with Crippen molar-refractivity contribution in [3.05, 3.63) is 11.6 Å². The first-order chi connectivity index (χ1) is 12.2. The van der Waals surface area contributed by atoms with Gasteiger partial charge in [0.2, 0.25) is 0 Å². The average Bonchev–Trinajstić information content (AvgIpc) is 2.92. The molecule has 144 valence electrons. The molecule has 26 heavy (non-hydrogen) atoms. The SMILES string of the molecule is C[C@]12C[C@H](O)C3[C@@H](CCC4=CC(=O)C[C@H](O)[C@@]43C)[C@@H]1CC[C@@H]2C(=O)CO. The third-order valence-electron chi connectivity index (χ3n) is 8.55. The van der Waals surface area contributed by atoms with Gasteiger partial charge >= 0.3 is 0 Å². The minimum Gasteiger partial charge on any atom is -0.393 e. The van der Waals surface area contributed by atoms with Gasteiger partial charge in [-0.15, -0.1) is 0 Å². The van der Waals surface area contributed by atoms with Crippen LogP contribution < -0.4 is 0 Å². The lowest BCUT2D eigenvalue weighted by Crippen LogP contribution is -2.60. The molecule has 5 nitrogen and oxygen atoms in total. The minimum atomic E-state index is -0.752. The summed E-state index contributed by atoms with van der Waals surface area (Å²) in [4.78, 5) is 24.2. The first kappa shape index (κ1) is 18.3. The number of aliphatic hydroxyl groups is 3. The van der Waals surface area contributed by atoms with Crippen molar-refractivity contribution >= 4 is 11.6 Å². The van der Waals surface area contributed by atoms with Gasteiger partial charge in [0, 0.05) is 17.8 Å². The number of hydrogen-bond donors (Lipinski definition) is 3. The third kappa shape index (κ3) is 2.26. The van der Waals surface area contributed by atoms with Gasteiger partial charge in [-0.3, -0.25) is 9.59 Å². The lowest BCUT2D eigenvalue weighted by molar-refractivity contribution is -0.162. The second-order valence-electron chi connectivity index (χ2n) is 9.50. The molecule has 0 radical (unpaired) electrons. The first-order valence-electron chi connectivity index (χ1n) is 9.97. The summed E-state index contributed by atoms with van der Waals surface area (Å²) < 4.78 is 0. The molecule has 1 unspecified atom stereocenters. The summed E-state index contributed by atoms with van der Waals surface area (Å²) in [5.41, 5.74) is 0.149. The van der Waals surface area contributed by atoms with Crippen molar-refractivity contribution in [1.29, 1.82) is 0 Å². The van der Waals surface area contributed by atoms with Crippen LogP contribution >= 0.6 is 0 Å². The molecule has 0 aromatic rings. The van der Waals surface area contributed by atoms with Crippen molar-refractivity contribution in [2.75, 3.05) is 6.61 Å². The number of Topliss-reactive ketones (excluding diaryl/α,β-unsaturated/α-hetero) is 1. The molecule has 4 aliphatic rings. The Morgan fingerprint density at radius 1 is 1.23 bits per heavy atom. The van der Waals surface area contributed by atoms with E-state index in [0.717, 1.165) is 31.3 Å². The number of carbonyl (C=O) groups is 2. The number of ketones is 2. The Morgan fingerprint density at radius 2 is 1.96 bits per heavy atom. The number of carbonyl (C=O) groups excluding carboxylic acids is 2. The number of aliphatic hydroxyl groups excluding tert-OH is 3. The first-order valence-corrected chi connectivity index (χ1v) is 9.97. The van der Waals surface area contributed by atoms with E-state index in [1.165, 1.54) is 0 Å². The van der Waals surface area contributed by atoms with Gasteiger partial charge in [-0.25, -0.2) is 0 Å². The minimum absolute atomic E-state index is 0.0203. The van der Waals surface area contributed by atoms with Gasteiger partial charge in [0.25, 0.3) is 0 Å². The molecule has 3 fully saturated rings. The van der Waals surface area contributed by atoms with Gasteiger partial charge in [-0.1, -0.05) is 19.4 Å². The van der Waals surface area contributed by atoms with E-state index in [1.54, 1.807) is 6.08 Å². The van der Waals surface area contributed by atoms with Gasteiger partial charge in [-0.05, 0) is 61.3 Å². The fraction of sp³-hybridized carbons (Fsp3) is 0.810. The Balaban J connectivity index is 1.73. The highest BCUT2D eigenvalue weighted by molar-refractivity contribution is 5.92. The fourth-order valence-corrected chi connectivity index (χ4v) is 7.36. The molecule has 0 aromatic heterocycles. The van der Waals surface area contributed by atoms with Crippen LogP contribution in [0, 0.1) is 34.5 Å². The molecule has 4 aliphatic carbocycles. The second kappa shape index (κ2) is 5.98. The van der Waals surface area contributed by atoms with Crippen LogP contribution in [0.3, 0.4) is 0 Å². The van der Waals surface area contributed by atoms with E-state index in [0.29, 0.717) is 12.3 Å². The van der Waals surface area contributed by atoms with E-state index in [-0.39, 0.29) is 41.2 Å². The molecule has 5 heteroatoms. The Bertz CT molecular complexity index is 669. The molecule has 4 rings (SSSR count). The predicted octanol–water partition coefficient (Wildman–Crippen LogP) is 1.64. The van der Waals surface area contributed by atoms with Crippen LogP contribution in [0.25, 0.3) is 0 Å². The molecule has 0 saturated heterocycles. The maximum atomic E-state index is 12.3. The van der Waals surface area contributed by atoms with Crippen LogP contribution in [0.5, 0.6) is 0 Å². The van der Waals surface area contributed by atoms with Crippen molar-refractivity contribution in [3.8, 4) is 0 Å². The van der Waals surface area contributed by atoms with Crippen LogP contribution in [-0.2, 0) is 9.59 Å². The highest BCUT2D eigenvalue weighted by atomic mass is 16.3. The van der Waals surface area contributed by atoms with Crippen LogP contribution in [-0.4, -0.2) is 45.7 Å². The number of hydrogen-bond acceptors (Lipinski definition) is 5. The monoisotopic (exact) mass is 362 g/mol. The quantitative estimate of drug-likeness (QED) is 0.694. The highest BCUT2D eigenvalue weighted by Crippen LogP contribution is 2.66. The predicted molar refractivity (Wildman–Crippen MR) is 95.1 cm³/mol. The summed E-state index contributed by atoms with van der Waals surface area (Å²) in [6, 6.07) is 0. The molecule has 0 aliphatic heterocycles. The largest absolute Gasteiger partial charge is 0.393 e. The van der Waals surface area contributed by atoms with Crippen molar-refractivity contribution in [1.82, 2.24) is 0 Å². The van der Waals surface area contributed by atoms with E-state index < -0.39 is 24.2 Å². The summed E-state index contributed by atoms with van der Waals surface area (Å²) in [7, 11) is 0. The summed E-state index contributed by atoms with van der Waals surface area (Å²) in [5.74, 6) is 0.173. The highest BCUT2D eigenvalue weighted by Gasteiger charge is 2.64. The zero-order chi connectivity index (χ0) is 18.9. The van der Waals surface area contributed by atoms with Crippen molar-refractivity contribution in [2.24, 2.45) is 34.5 Å². The van der Waals surface area contributed by atoms with Crippen LogP contribution in [0.15, 0.2) is 11.6 Å². The second-order valence-corrected chi connectivity index (χ2v) is 9.50. The van der Waals surface area contributed by atoms with Crippen molar-refractivity contribution in [2.45, 2.75) is 64.6 Å². The number of fused-ring (bicyclic) bond motifs is 5. The maximum absolute atomic E-state index is 12.3. The van der Waals surface area contributed by atoms with E-state index in [4.69, 9.17) is 0 Å². The molecule has 0 bridgehead atoms. The van der Waals surface area contributed by atoms with Gasteiger partial charge in [-0.2, -0.15) is 0 Å². The Morgan fingerprint density at radius 3 is 2.65 bits per heavy atom. The molecule has 0 heterocycles. The zero-order valence-electron chi connectivity index (χ0n) is 15.6. The van der Waals surface area contributed by atoms with E-state index in [9.17, 15) is 24.9 Å². The fourth-order valence-electron chi connectivity index (χ4n) is 7.36. The maximum Gasteiger partial charge on any atom is 0.161 e.